The van der Waals surface area contributed by atoms with Gasteiger partial charge in [-0.3, -0.25) is 9.89 Å². The van der Waals surface area contributed by atoms with Crippen LogP contribution in [-0.4, -0.2) is 33.3 Å². The van der Waals surface area contributed by atoms with Gasteiger partial charge in [-0.15, -0.1) is 5.10 Å². The zero-order valence-electron chi connectivity index (χ0n) is 15.6. The average molecular weight is 357 g/mol. The number of H-pyrrole nitrogens is 1. The summed E-state index contributed by atoms with van der Waals surface area (Å²) in [6.45, 7) is 7.22. The van der Waals surface area contributed by atoms with Gasteiger partial charge in [-0.05, 0) is 44.7 Å². The Balaban J connectivity index is 1.80. The lowest BCUT2D eigenvalue weighted by Gasteiger charge is -2.45. The second kappa shape index (κ2) is 7.07. The van der Waals surface area contributed by atoms with E-state index < -0.39 is 0 Å². The van der Waals surface area contributed by atoms with E-state index in [-0.39, 0.29) is 29.4 Å². The molecule has 1 aromatic heterocycles. The second-order valence-corrected chi connectivity index (χ2v) is 7.72. The SMILES string of the molecule is Cc1ccccc1[C@]1(CC(=O)NCc2nc(N)n[nH]2)CCOC(C)(C)C1. The van der Waals surface area contributed by atoms with E-state index in [2.05, 4.69) is 53.4 Å². The fourth-order valence-electron chi connectivity index (χ4n) is 4.06. The van der Waals surface area contributed by atoms with Gasteiger partial charge in [0, 0.05) is 18.4 Å². The first-order chi connectivity index (χ1) is 12.3. The number of rotatable bonds is 5. The quantitative estimate of drug-likeness (QED) is 0.761. The second-order valence-electron chi connectivity index (χ2n) is 7.72. The summed E-state index contributed by atoms with van der Waals surface area (Å²) in [6, 6.07) is 8.32. The van der Waals surface area contributed by atoms with Crippen molar-refractivity contribution in [2.45, 2.75) is 57.6 Å². The van der Waals surface area contributed by atoms with E-state index in [1.807, 2.05) is 12.1 Å². The molecule has 1 aliphatic heterocycles. The first-order valence-electron chi connectivity index (χ1n) is 8.93. The van der Waals surface area contributed by atoms with Gasteiger partial charge in [-0.2, -0.15) is 4.98 Å². The molecule has 0 unspecified atom stereocenters. The monoisotopic (exact) mass is 357 g/mol. The molecular formula is C19H27N5O2. The normalized spacial score (nSPS) is 22.1. The van der Waals surface area contributed by atoms with Crippen molar-refractivity contribution in [3.8, 4) is 0 Å². The van der Waals surface area contributed by atoms with E-state index in [0.717, 1.165) is 12.8 Å². The molecule has 0 saturated carbocycles. The standard InChI is InChI=1S/C19H27N5O2/c1-13-6-4-5-7-14(13)19(8-9-26-18(2,3)12-19)10-16(25)21-11-15-22-17(20)24-23-15/h4-7H,8-12H2,1-3H3,(H,21,25)(H3,20,22,23,24)/t19-/m0/s1. The number of benzene rings is 1. The zero-order chi connectivity index (χ0) is 18.8. The molecule has 1 fully saturated rings. The number of ether oxygens (including phenoxy) is 1. The fraction of sp³-hybridized carbons (Fsp3) is 0.526. The molecule has 1 aliphatic rings. The third kappa shape index (κ3) is 4.04. The minimum absolute atomic E-state index is 0.0130. The summed E-state index contributed by atoms with van der Waals surface area (Å²) in [6.07, 6.45) is 2.03. The molecule has 0 bridgehead atoms. The molecule has 0 aliphatic carbocycles. The molecule has 2 heterocycles. The Labute approximate surface area is 153 Å². The molecule has 0 spiro atoms. The van der Waals surface area contributed by atoms with Gasteiger partial charge in [0.25, 0.3) is 0 Å². The molecule has 1 aromatic carbocycles. The van der Waals surface area contributed by atoms with Crippen LogP contribution < -0.4 is 11.1 Å². The number of carbonyl (C=O) groups is 1. The number of amides is 1. The molecule has 7 heteroatoms. The van der Waals surface area contributed by atoms with Crippen molar-refractivity contribution in [3.63, 3.8) is 0 Å². The van der Waals surface area contributed by atoms with E-state index in [1.54, 1.807) is 0 Å². The highest BCUT2D eigenvalue weighted by Crippen LogP contribution is 2.45. The van der Waals surface area contributed by atoms with Crippen molar-refractivity contribution in [1.29, 1.82) is 0 Å². The maximum absolute atomic E-state index is 12.7. The predicted octanol–water partition coefficient (Wildman–Crippen LogP) is 2.23. The number of nitrogens with two attached hydrogens (primary N) is 1. The Kier molecular flexibility index (Phi) is 5.00. The van der Waals surface area contributed by atoms with Crippen molar-refractivity contribution in [2.24, 2.45) is 0 Å². The molecule has 7 nitrogen and oxygen atoms in total. The van der Waals surface area contributed by atoms with Crippen LogP contribution in [0.3, 0.4) is 0 Å². The number of carbonyl (C=O) groups excluding carboxylic acids is 1. The summed E-state index contributed by atoms with van der Waals surface area (Å²) in [5, 5.41) is 9.41. The molecule has 3 rings (SSSR count). The number of anilines is 1. The van der Waals surface area contributed by atoms with Crippen LogP contribution in [0.15, 0.2) is 24.3 Å². The van der Waals surface area contributed by atoms with Crippen LogP contribution in [0.5, 0.6) is 0 Å². The molecule has 4 N–H and O–H groups in total. The van der Waals surface area contributed by atoms with Gasteiger partial charge < -0.3 is 15.8 Å². The van der Waals surface area contributed by atoms with E-state index in [0.29, 0.717) is 18.9 Å². The summed E-state index contributed by atoms with van der Waals surface area (Å²) in [4.78, 5) is 16.8. The fourth-order valence-corrected chi connectivity index (χ4v) is 4.06. The van der Waals surface area contributed by atoms with Crippen molar-refractivity contribution in [1.82, 2.24) is 20.5 Å². The van der Waals surface area contributed by atoms with Gasteiger partial charge in [-0.1, -0.05) is 24.3 Å². The number of nitrogens with one attached hydrogen (secondary N) is 2. The van der Waals surface area contributed by atoms with Crippen LogP contribution >= 0.6 is 0 Å². The lowest BCUT2D eigenvalue weighted by molar-refractivity contribution is -0.126. The summed E-state index contributed by atoms with van der Waals surface area (Å²) in [5.41, 5.74) is 7.44. The van der Waals surface area contributed by atoms with Crippen LogP contribution in [-0.2, 0) is 21.5 Å². The zero-order valence-corrected chi connectivity index (χ0v) is 15.6. The Morgan fingerprint density at radius 2 is 2.15 bits per heavy atom. The van der Waals surface area contributed by atoms with E-state index in [1.165, 1.54) is 11.1 Å². The number of aromatic nitrogens is 3. The third-order valence-electron chi connectivity index (χ3n) is 5.05. The highest BCUT2D eigenvalue weighted by Gasteiger charge is 2.44. The Bertz CT molecular complexity index is 786. The molecule has 1 amide bonds. The van der Waals surface area contributed by atoms with Gasteiger partial charge in [0.05, 0.1) is 12.1 Å². The van der Waals surface area contributed by atoms with Crippen LogP contribution in [0.1, 0.15) is 50.1 Å². The number of nitrogens with zero attached hydrogens (tertiary/aromatic N) is 2. The molecule has 140 valence electrons. The summed E-state index contributed by atoms with van der Waals surface area (Å²) >= 11 is 0. The van der Waals surface area contributed by atoms with E-state index in [4.69, 9.17) is 10.5 Å². The highest BCUT2D eigenvalue weighted by atomic mass is 16.5. The third-order valence-corrected chi connectivity index (χ3v) is 5.05. The number of aromatic amines is 1. The van der Waals surface area contributed by atoms with Gasteiger partial charge in [0.15, 0.2) is 0 Å². The van der Waals surface area contributed by atoms with Crippen molar-refractivity contribution in [2.75, 3.05) is 12.3 Å². The van der Waals surface area contributed by atoms with Gasteiger partial charge in [-0.25, -0.2) is 0 Å². The molecular weight excluding hydrogens is 330 g/mol. The largest absolute Gasteiger partial charge is 0.376 e. The topological polar surface area (TPSA) is 106 Å². The van der Waals surface area contributed by atoms with Crippen LogP contribution in [0, 0.1) is 6.92 Å². The van der Waals surface area contributed by atoms with Crippen molar-refractivity contribution in [3.05, 3.63) is 41.2 Å². The molecule has 2 aromatic rings. The molecule has 0 radical (unpaired) electrons. The Hall–Kier alpha value is -2.41. The number of hydrogen-bond acceptors (Lipinski definition) is 5. The highest BCUT2D eigenvalue weighted by molar-refractivity contribution is 5.77. The van der Waals surface area contributed by atoms with Crippen LogP contribution in [0.4, 0.5) is 5.95 Å². The maximum Gasteiger partial charge on any atom is 0.239 e. The van der Waals surface area contributed by atoms with Crippen LogP contribution in [0.25, 0.3) is 0 Å². The minimum atomic E-state index is -0.264. The first-order valence-corrected chi connectivity index (χ1v) is 8.93. The van der Waals surface area contributed by atoms with Gasteiger partial charge >= 0.3 is 0 Å². The Morgan fingerprint density at radius 1 is 1.38 bits per heavy atom. The van der Waals surface area contributed by atoms with Crippen LogP contribution in [0.2, 0.25) is 0 Å². The number of hydrogen-bond donors (Lipinski definition) is 3. The number of aryl methyl sites for hydroxylation is 1. The molecule has 1 saturated heterocycles. The maximum atomic E-state index is 12.7. The predicted molar refractivity (Wildman–Crippen MR) is 99.4 cm³/mol. The molecule has 1 atom stereocenters. The lowest BCUT2D eigenvalue weighted by Crippen LogP contribution is -2.46. The minimum Gasteiger partial charge on any atom is -0.376 e. The summed E-state index contributed by atoms with van der Waals surface area (Å²) in [7, 11) is 0. The Morgan fingerprint density at radius 3 is 2.81 bits per heavy atom. The summed E-state index contributed by atoms with van der Waals surface area (Å²) < 4.78 is 5.93. The summed E-state index contributed by atoms with van der Waals surface area (Å²) in [5.74, 6) is 0.714. The molecule has 26 heavy (non-hydrogen) atoms. The van der Waals surface area contributed by atoms with Crippen molar-refractivity contribution >= 4 is 11.9 Å². The van der Waals surface area contributed by atoms with Crippen molar-refractivity contribution < 1.29 is 9.53 Å². The first kappa shape index (κ1) is 18.4. The average Bonchev–Trinajstić information content (AvgIpc) is 2.98. The van der Waals surface area contributed by atoms with Gasteiger partial charge in [0.1, 0.15) is 5.82 Å². The van der Waals surface area contributed by atoms with E-state index >= 15 is 0 Å². The lowest BCUT2D eigenvalue weighted by atomic mass is 9.66. The van der Waals surface area contributed by atoms with E-state index in [9.17, 15) is 4.79 Å². The smallest absolute Gasteiger partial charge is 0.239 e. The van der Waals surface area contributed by atoms with Gasteiger partial charge in [0.2, 0.25) is 11.9 Å². The number of nitrogen functional groups attached to an aromatic ring is 1.